The highest BCUT2D eigenvalue weighted by molar-refractivity contribution is 7.12. The van der Waals surface area contributed by atoms with Gasteiger partial charge >= 0.3 is 5.97 Å². The first kappa shape index (κ1) is 12.0. The second kappa shape index (κ2) is 5.72. The van der Waals surface area contributed by atoms with Crippen LogP contribution >= 0.6 is 11.3 Å². The lowest BCUT2D eigenvalue weighted by atomic mass is 10.4. The Bertz CT molecular complexity index is 322. The van der Waals surface area contributed by atoms with Crippen LogP contribution in [-0.2, 0) is 4.74 Å². The molecule has 0 spiro atoms. The minimum atomic E-state index is -0.307. The molecule has 0 aliphatic rings. The predicted molar refractivity (Wildman–Crippen MR) is 59.4 cm³/mol. The topological polar surface area (TPSA) is 61.5 Å². The first-order chi connectivity index (χ1) is 7.13. The molecule has 1 rings (SSSR count). The number of nitrogens with two attached hydrogens (primary N) is 1. The Morgan fingerprint density at radius 3 is 3.00 bits per heavy atom. The Balaban J connectivity index is 2.52. The third-order valence-corrected chi connectivity index (χ3v) is 2.45. The van der Waals surface area contributed by atoms with E-state index in [0.29, 0.717) is 23.8 Å². The van der Waals surface area contributed by atoms with Crippen molar-refractivity contribution in [2.24, 2.45) is 5.73 Å². The third kappa shape index (κ3) is 3.89. The average molecular weight is 229 g/mol. The number of carbonyl (C=O) groups is 1. The average Bonchev–Trinajstić information content (AvgIpc) is 2.63. The highest BCUT2D eigenvalue weighted by Gasteiger charge is 2.10. The van der Waals surface area contributed by atoms with Gasteiger partial charge in [-0.1, -0.05) is 0 Å². The molecule has 0 bridgehead atoms. The van der Waals surface area contributed by atoms with Crippen molar-refractivity contribution >= 4 is 17.3 Å². The van der Waals surface area contributed by atoms with Gasteiger partial charge in [0.25, 0.3) is 0 Å². The smallest absolute Gasteiger partial charge is 0.348 e. The summed E-state index contributed by atoms with van der Waals surface area (Å²) in [6.45, 7) is 4.46. The van der Waals surface area contributed by atoms with E-state index in [0.717, 1.165) is 0 Å². The van der Waals surface area contributed by atoms with E-state index in [2.05, 4.69) is 0 Å². The summed E-state index contributed by atoms with van der Waals surface area (Å²) in [7, 11) is 0. The van der Waals surface area contributed by atoms with Crippen LogP contribution in [0.25, 0.3) is 0 Å². The van der Waals surface area contributed by atoms with E-state index < -0.39 is 0 Å². The minimum Gasteiger partial charge on any atom is -0.491 e. The van der Waals surface area contributed by atoms with Crippen LogP contribution in [0.3, 0.4) is 0 Å². The van der Waals surface area contributed by atoms with Gasteiger partial charge in [-0.2, -0.15) is 0 Å². The van der Waals surface area contributed by atoms with Gasteiger partial charge < -0.3 is 15.2 Å². The van der Waals surface area contributed by atoms with Crippen LogP contribution < -0.4 is 10.5 Å². The quantitative estimate of drug-likeness (QED) is 0.780. The number of esters is 1. The van der Waals surface area contributed by atoms with Crippen molar-refractivity contribution in [3.05, 3.63) is 16.3 Å². The molecule has 0 aliphatic carbocycles. The van der Waals surface area contributed by atoms with E-state index in [1.807, 2.05) is 6.92 Å². The summed E-state index contributed by atoms with van der Waals surface area (Å²) in [4.78, 5) is 11.9. The fourth-order valence-corrected chi connectivity index (χ4v) is 1.65. The van der Waals surface area contributed by atoms with E-state index >= 15 is 0 Å². The van der Waals surface area contributed by atoms with Gasteiger partial charge in [0.1, 0.15) is 17.2 Å². The van der Waals surface area contributed by atoms with E-state index in [1.54, 1.807) is 18.4 Å². The molecule has 1 unspecified atom stereocenters. The molecule has 0 aliphatic heterocycles. The molecule has 2 N–H and O–H groups in total. The van der Waals surface area contributed by atoms with Crippen molar-refractivity contribution in [2.45, 2.75) is 19.9 Å². The number of hydrogen-bond acceptors (Lipinski definition) is 5. The molecule has 0 saturated heterocycles. The molecule has 0 fully saturated rings. The van der Waals surface area contributed by atoms with Gasteiger partial charge in [0.15, 0.2) is 0 Å². The van der Waals surface area contributed by atoms with Gasteiger partial charge in [0.05, 0.1) is 6.61 Å². The summed E-state index contributed by atoms with van der Waals surface area (Å²) in [5, 5.41) is 1.77. The van der Waals surface area contributed by atoms with Gasteiger partial charge in [-0.15, -0.1) is 11.3 Å². The zero-order valence-electron chi connectivity index (χ0n) is 8.86. The third-order valence-electron chi connectivity index (χ3n) is 1.56. The van der Waals surface area contributed by atoms with Crippen molar-refractivity contribution in [1.82, 2.24) is 0 Å². The molecule has 1 aromatic rings. The molecule has 15 heavy (non-hydrogen) atoms. The summed E-state index contributed by atoms with van der Waals surface area (Å²) in [6.07, 6.45) is 0. The van der Waals surface area contributed by atoms with E-state index in [1.165, 1.54) is 11.3 Å². The van der Waals surface area contributed by atoms with Crippen molar-refractivity contribution in [1.29, 1.82) is 0 Å². The Labute approximate surface area is 93.0 Å². The molecule has 1 atom stereocenters. The van der Waals surface area contributed by atoms with Crippen LogP contribution in [0.15, 0.2) is 11.4 Å². The Morgan fingerprint density at radius 2 is 2.40 bits per heavy atom. The van der Waals surface area contributed by atoms with Crippen LogP contribution in [-0.4, -0.2) is 25.2 Å². The first-order valence-electron chi connectivity index (χ1n) is 4.77. The Morgan fingerprint density at radius 1 is 1.67 bits per heavy atom. The number of hydrogen-bond donors (Lipinski definition) is 1. The molecule has 0 amide bonds. The summed E-state index contributed by atoms with van der Waals surface area (Å²) in [5.41, 5.74) is 5.54. The monoisotopic (exact) mass is 229 g/mol. The minimum absolute atomic E-state index is 0.0176. The first-order valence-corrected chi connectivity index (χ1v) is 5.65. The number of ether oxygens (including phenoxy) is 2. The highest BCUT2D eigenvalue weighted by Crippen LogP contribution is 2.22. The lowest BCUT2D eigenvalue weighted by molar-refractivity contribution is 0.0532. The highest BCUT2D eigenvalue weighted by atomic mass is 32.1. The van der Waals surface area contributed by atoms with E-state index in [9.17, 15) is 4.79 Å². The zero-order valence-corrected chi connectivity index (χ0v) is 9.67. The maximum absolute atomic E-state index is 11.3. The van der Waals surface area contributed by atoms with Crippen LogP contribution in [0.2, 0.25) is 0 Å². The van der Waals surface area contributed by atoms with Crippen LogP contribution in [0.4, 0.5) is 0 Å². The van der Waals surface area contributed by atoms with Gasteiger partial charge in [0, 0.05) is 17.5 Å². The summed E-state index contributed by atoms with van der Waals surface area (Å²) in [6, 6.07) is 1.65. The lowest BCUT2D eigenvalue weighted by Gasteiger charge is -2.05. The maximum atomic E-state index is 11.3. The number of carbonyl (C=O) groups excluding carboxylic acids is 1. The second-order valence-corrected chi connectivity index (χ2v) is 4.07. The SMILES string of the molecule is CCOC(=O)c1cc(OCC(C)N)cs1. The number of thiophene rings is 1. The van der Waals surface area contributed by atoms with Gasteiger partial charge in [-0.05, 0) is 13.8 Å². The van der Waals surface area contributed by atoms with Crippen molar-refractivity contribution < 1.29 is 14.3 Å². The second-order valence-electron chi connectivity index (χ2n) is 3.16. The van der Waals surface area contributed by atoms with Crippen LogP contribution in [0.5, 0.6) is 5.75 Å². The predicted octanol–water partition coefficient (Wildman–Crippen LogP) is 1.65. The van der Waals surface area contributed by atoms with Gasteiger partial charge in [-0.3, -0.25) is 0 Å². The van der Waals surface area contributed by atoms with Crippen molar-refractivity contribution in [3.8, 4) is 5.75 Å². The number of rotatable bonds is 5. The fraction of sp³-hybridized carbons (Fsp3) is 0.500. The molecule has 84 valence electrons. The fourth-order valence-electron chi connectivity index (χ4n) is 0.931. The molecule has 0 saturated carbocycles. The molecule has 0 radical (unpaired) electrons. The van der Waals surface area contributed by atoms with Crippen LogP contribution in [0.1, 0.15) is 23.5 Å². The Kier molecular flexibility index (Phi) is 4.58. The zero-order chi connectivity index (χ0) is 11.3. The lowest BCUT2D eigenvalue weighted by Crippen LogP contribution is -2.23. The normalized spacial score (nSPS) is 12.2. The Hall–Kier alpha value is -1.07. The molecule has 5 heteroatoms. The van der Waals surface area contributed by atoms with Crippen molar-refractivity contribution in [3.63, 3.8) is 0 Å². The van der Waals surface area contributed by atoms with Crippen molar-refractivity contribution in [2.75, 3.05) is 13.2 Å². The van der Waals surface area contributed by atoms with E-state index in [4.69, 9.17) is 15.2 Å². The molecule has 4 nitrogen and oxygen atoms in total. The summed E-state index contributed by atoms with van der Waals surface area (Å²) in [5.74, 6) is 0.360. The van der Waals surface area contributed by atoms with E-state index in [-0.39, 0.29) is 12.0 Å². The molecular weight excluding hydrogens is 214 g/mol. The largest absolute Gasteiger partial charge is 0.491 e. The maximum Gasteiger partial charge on any atom is 0.348 e. The summed E-state index contributed by atoms with van der Waals surface area (Å²) < 4.78 is 10.2. The molecule has 1 heterocycles. The standard InChI is InChI=1S/C10H15NO3S/c1-3-13-10(12)9-4-8(6-15-9)14-5-7(2)11/h4,6-7H,3,5,11H2,1-2H3. The molecule has 0 aromatic carbocycles. The molecule has 1 aromatic heterocycles. The van der Waals surface area contributed by atoms with Gasteiger partial charge in [0.2, 0.25) is 0 Å². The van der Waals surface area contributed by atoms with Gasteiger partial charge in [-0.25, -0.2) is 4.79 Å². The summed E-state index contributed by atoms with van der Waals surface area (Å²) >= 11 is 1.31. The molecular formula is C10H15NO3S. The van der Waals surface area contributed by atoms with Crippen LogP contribution in [0, 0.1) is 0 Å².